The van der Waals surface area contributed by atoms with Crippen molar-refractivity contribution in [2.45, 2.75) is 0 Å². The fraction of sp³-hybridized carbons (Fsp3) is 0. The summed E-state index contributed by atoms with van der Waals surface area (Å²) < 4.78 is 16.1. The third-order valence-electron chi connectivity index (χ3n) is 4.09. The van der Waals surface area contributed by atoms with E-state index in [9.17, 15) is 9.18 Å². The molecule has 0 aliphatic carbocycles. The molecule has 4 aromatic rings. The summed E-state index contributed by atoms with van der Waals surface area (Å²) in [6, 6.07) is 12.7. The molecule has 0 saturated heterocycles. The smallest absolute Gasteiger partial charge is 0.257 e. The number of nitrogen functional groups attached to an aromatic ring is 1. The molecule has 0 saturated carbocycles. The van der Waals surface area contributed by atoms with Crippen LogP contribution >= 0.6 is 11.6 Å². The van der Waals surface area contributed by atoms with Gasteiger partial charge in [-0.1, -0.05) is 23.7 Å². The summed E-state index contributed by atoms with van der Waals surface area (Å²) in [6.45, 7) is 0. The molecule has 0 fully saturated rings. The Hall–Kier alpha value is -3.45. The zero-order valence-corrected chi connectivity index (χ0v) is 14.6. The van der Waals surface area contributed by atoms with Crippen molar-refractivity contribution in [1.82, 2.24) is 14.6 Å². The minimum Gasteiger partial charge on any atom is -0.383 e. The molecule has 4 rings (SSSR count). The van der Waals surface area contributed by atoms with E-state index in [0.717, 1.165) is 0 Å². The molecule has 0 radical (unpaired) electrons. The first kappa shape index (κ1) is 17.0. The van der Waals surface area contributed by atoms with Crippen molar-refractivity contribution in [1.29, 1.82) is 0 Å². The molecule has 3 N–H and O–H groups in total. The normalized spacial score (nSPS) is 10.9. The Balaban J connectivity index is 1.65. The highest BCUT2D eigenvalue weighted by atomic mass is 35.5. The standard InChI is InChI=1S/C19H13ClFN5O/c20-15-4-2-1-3-13(15)19(27)25-11-5-6-12(16(21)9-11)14-10-23-17-7-8-24-26(17)18(14)22/h1-10H,22H2,(H,25,27). The van der Waals surface area contributed by atoms with E-state index in [2.05, 4.69) is 15.4 Å². The summed E-state index contributed by atoms with van der Waals surface area (Å²) in [7, 11) is 0. The van der Waals surface area contributed by atoms with Gasteiger partial charge in [0.1, 0.15) is 11.6 Å². The van der Waals surface area contributed by atoms with Gasteiger partial charge in [-0.05, 0) is 30.3 Å². The van der Waals surface area contributed by atoms with Gasteiger partial charge in [0.2, 0.25) is 0 Å². The topological polar surface area (TPSA) is 85.3 Å². The maximum atomic E-state index is 14.7. The van der Waals surface area contributed by atoms with E-state index < -0.39 is 11.7 Å². The van der Waals surface area contributed by atoms with Gasteiger partial charge < -0.3 is 11.1 Å². The van der Waals surface area contributed by atoms with E-state index in [1.165, 1.54) is 22.8 Å². The number of carbonyl (C=O) groups excluding carboxylic acids is 1. The molecule has 1 amide bonds. The number of amides is 1. The van der Waals surface area contributed by atoms with Crippen LogP contribution in [0.15, 0.2) is 60.9 Å². The van der Waals surface area contributed by atoms with Crippen molar-refractivity contribution in [3.63, 3.8) is 0 Å². The summed E-state index contributed by atoms with van der Waals surface area (Å²) in [5.74, 6) is -0.699. The molecule has 0 atom stereocenters. The first-order chi connectivity index (χ1) is 13.0. The summed E-state index contributed by atoms with van der Waals surface area (Å²) in [5, 5.41) is 7.02. The van der Waals surface area contributed by atoms with Gasteiger partial charge >= 0.3 is 0 Å². The summed E-state index contributed by atoms with van der Waals surface area (Å²) in [6.07, 6.45) is 3.05. The molecule has 0 aliphatic heterocycles. The molecule has 0 unspecified atom stereocenters. The maximum absolute atomic E-state index is 14.7. The average molecular weight is 382 g/mol. The van der Waals surface area contributed by atoms with Crippen LogP contribution in [0.3, 0.4) is 0 Å². The zero-order valence-electron chi connectivity index (χ0n) is 13.9. The first-order valence-corrected chi connectivity index (χ1v) is 8.36. The second-order valence-electron chi connectivity index (χ2n) is 5.79. The van der Waals surface area contributed by atoms with Crippen LogP contribution in [-0.4, -0.2) is 20.5 Å². The van der Waals surface area contributed by atoms with Crippen molar-refractivity contribution in [2.24, 2.45) is 0 Å². The van der Waals surface area contributed by atoms with Crippen molar-refractivity contribution in [3.8, 4) is 11.1 Å². The molecular formula is C19H13ClFN5O. The van der Waals surface area contributed by atoms with E-state index in [1.807, 2.05) is 0 Å². The molecule has 27 heavy (non-hydrogen) atoms. The molecule has 2 heterocycles. The first-order valence-electron chi connectivity index (χ1n) is 7.98. The Kier molecular flexibility index (Phi) is 4.21. The number of aromatic nitrogens is 3. The third kappa shape index (κ3) is 3.09. The number of halogens is 2. The predicted octanol–water partition coefficient (Wildman–Crippen LogP) is 4.02. The highest BCUT2D eigenvalue weighted by Gasteiger charge is 2.15. The third-order valence-corrected chi connectivity index (χ3v) is 4.42. The molecule has 6 nitrogen and oxygen atoms in total. The van der Waals surface area contributed by atoms with Gasteiger partial charge in [0.15, 0.2) is 5.65 Å². The largest absolute Gasteiger partial charge is 0.383 e. The molecule has 0 aliphatic rings. The van der Waals surface area contributed by atoms with Crippen LogP contribution in [0.25, 0.3) is 16.8 Å². The highest BCUT2D eigenvalue weighted by molar-refractivity contribution is 6.34. The lowest BCUT2D eigenvalue weighted by atomic mass is 10.1. The van der Waals surface area contributed by atoms with Crippen LogP contribution in [0.4, 0.5) is 15.9 Å². The summed E-state index contributed by atoms with van der Waals surface area (Å²) in [5.41, 5.74) is 7.93. The molecule has 2 aromatic heterocycles. The Morgan fingerprint density at radius 2 is 1.96 bits per heavy atom. The van der Waals surface area contributed by atoms with Crippen molar-refractivity contribution >= 4 is 34.7 Å². The second-order valence-corrected chi connectivity index (χ2v) is 6.19. The van der Waals surface area contributed by atoms with Crippen molar-refractivity contribution in [2.75, 3.05) is 11.1 Å². The van der Waals surface area contributed by atoms with E-state index in [4.69, 9.17) is 17.3 Å². The van der Waals surface area contributed by atoms with Gasteiger partial charge in [-0.25, -0.2) is 9.37 Å². The fourth-order valence-electron chi connectivity index (χ4n) is 2.75. The molecular weight excluding hydrogens is 369 g/mol. The number of fused-ring (bicyclic) bond motifs is 1. The predicted molar refractivity (Wildman–Crippen MR) is 102 cm³/mol. The quantitative estimate of drug-likeness (QED) is 0.561. The highest BCUT2D eigenvalue weighted by Crippen LogP contribution is 2.30. The Bertz CT molecular complexity index is 1170. The maximum Gasteiger partial charge on any atom is 0.257 e. The molecule has 0 bridgehead atoms. The zero-order chi connectivity index (χ0) is 19.0. The van der Waals surface area contributed by atoms with E-state index >= 15 is 0 Å². The fourth-order valence-corrected chi connectivity index (χ4v) is 2.97. The number of hydrogen-bond donors (Lipinski definition) is 2. The van der Waals surface area contributed by atoms with E-state index in [0.29, 0.717) is 27.5 Å². The van der Waals surface area contributed by atoms with Gasteiger partial charge in [-0.15, -0.1) is 0 Å². The van der Waals surface area contributed by atoms with E-state index in [1.54, 1.807) is 42.6 Å². The van der Waals surface area contributed by atoms with Crippen LogP contribution in [0.5, 0.6) is 0 Å². The van der Waals surface area contributed by atoms with Crippen LogP contribution < -0.4 is 11.1 Å². The SMILES string of the molecule is Nc1c(-c2ccc(NC(=O)c3ccccc3Cl)cc2F)cnc2ccnn12. The Morgan fingerprint density at radius 1 is 1.15 bits per heavy atom. The number of nitrogens with zero attached hydrogens (tertiary/aromatic N) is 3. The lowest BCUT2D eigenvalue weighted by molar-refractivity contribution is 0.102. The van der Waals surface area contributed by atoms with Crippen LogP contribution in [0.2, 0.25) is 5.02 Å². The number of anilines is 2. The summed E-state index contributed by atoms with van der Waals surface area (Å²) >= 11 is 6.01. The second kappa shape index (κ2) is 6.69. The minimum atomic E-state index is -0.549. The van der Waals surface area contributed by atoms with Gasteiger partial charge in [0.25, 0.3) is 5.91 Å². The average Bonchev–Trinajstić information content (AvgIpc) is 3.13. The van der Waals surface area contributed by atoms with Gasteiger partial charge in [-0.2, -0.15) is 9.61 Å². The number of hydrogen-bond acceptors (Lipinski definition) is 4. The number of rotatable bonds is 3. The van der Waals surface area contributed by atoms with Gasteiger partial charge in [0.05, 0.1) is 16.8 Å². The monoisotopic (exact) mass is 381 g/mol. The minimum absolute atomic E-state index is 0.258. The van der Waals surface area contributed by atoms with Crippen LogP contribution in [-0.2, 0) is 0 Å². The number of carbonyl (C=O) groups is 1. The molecule has 0 spiro atoms. The van der Waals surface area contributed by atoms with Crippen molar-refractivity contribution < 1.29 is 9.18 Å². The van der Waals surface area contributed by atoms with Crippen LogP contribution in [0, 0.1) is 5.82 Å². The molecule has 8 heteroatoms. The van der Waals surface area contributed by atoms with Gasteiger partial charge in [0, 0.05) is 29.1 Å². The van der Waals surface area contributed by atoms with Crippen molar-refractivity contribution in [3.05, 3.63) is 77.3 Å². The summed E-state index contributed by atoms with van der Waals surface area (Å²) in [4.78, 5) is 16.5. The van der Waals surface area contributed by atoms with E-state index in [-0.39, 0.29) is 11.4 Å². The lowest BCUT2D eigenvalue weighted by Gasteiger charge is -2.11. The van der Waals surface area contributed by atoms with Gasteiger partial charge in [-0.3, -0.25) is 4.79 Å². The lowest BCUT2D eigenvalue weighted by Crippen LogP contribution is -2.12. The Morgan fingerprint density at radius 3 is 2.74 bits per heavy atom. The molecule has 2 aromatic carbocycles. The van der Waals surface area contributed by atoms with Crippen LogP contribution in [0.1, 0.15) is 10.4 Å². The number of benzene rings is 2. The number of nitrogens with two attached hydrogens (primary N) is 1. The number of nitrogens with one attached hydrogen (secondary N) is 1. The Labute approximate surface area is 158 Å². The molecule has 134 valence electrons.